The Morgan fingerprint density at radius 3 is 1.09 bits per heavy atom. The van der Waals surface area contributed by atoms with Gasteiger partial charge in [0.15, 0.2) is 0 Å². The van der Waals surface area contributed by atoms with Crippen LogP contribution in [0.4, 0.5) is 17.8 Å². The van der Waals surface area contributed by atoms with Crippen molar-refractivity contribution in [1.29, 1.82) is 0 Å². The van der Waals surface area contributed by atoms with Crippen molar-refractivity contribution < 1.29 is 29.7 Å². The van der Waals surface area contributed by atoms with Gasteiger partial charge < -0.3 is 30.0 Å². The standard InChI is InChI=1S/C21H30N6O6/c28-16(29)13-4-1-7-25(10-13)19-22-20(26-8-2-5-14(11-26)17(30)31)24-21(23-19)27-9-3-6-15(12-27)18(32)33/h13-15H,1-12H2,(H,28,29)(H,30,31)(H,32,33)/t13-,14-,15-/m1/s1. The highest BCUT2D eigenvalue weighted by atomic mass is 16.4. The normalized spacial score (nSPS) is 26.2. The number of carbonyl (C=O) groups is 3. The van der Waals surface area contributed by atoms with E-state index in [1.54, 1.807) is 0 Å². The molecule has 3 atom stereocenters. The molecule has 0 saturated carbocycles. The molecule has 0 amide bonds. The van der Waals surface area contributed by atoms with Crippen molar-refractivity contribution in [2.75, 3.05) is 54.0 Å². The van der Waals surface area contributed by atoms with Crippen LogP contribution in [-0.4, -0.2) is 87.4 Å². The molecule has 3 aliphatic heterocycles. The molecule has 3 saturated heterocycles. The Hall–Kier alpha value is -3.18. The molecular weight excluding hydrogens is 432 g/mol. The Morgan fingerprint density at radius 2 is 0.848 bits per heavy atom. The first-order chi connectivity index (χ1) is 15.8. The highest BCUT2D eigenvalue weighted by Crippen LogP contribution is 2.28. The number of aliphatic carboxylic acids is 3. The van der Waals surface area contributed by atoms with E-state index >= 15 is 0 Å². The Labute approximate surface area is 191 Å². The molecule has 0 spiro atoms. The third kappa shape index (κ3) is 5.25. The van der Waals surface area contributed by atoms with Crippen LogP contribution in [0, 0.1) is 17.8 Å². The van der Waals surface area contributed by atoms with E-state index in [0.29, 0.717) is 76.0 Å². The predicted molar refractivity (Wildman–Crippen MR) is 118 cm³/mol. The average Bonchev–Trinajstić information content (AvgIpc) is 2.84. The van der Waals surface area contributed by atoms with Crippen LogP contribution in [-0.2, 0) is 14.4 Å². The number of aromatic nitrogens is 3. The maximum atomic E-state index is 11.6. The van der Waals surface area contributed by atoms with Crippen molar-refractivity contribution in [2.24, 2.45) is 17.8 Å². The van der Waals surface area contributed by atoms with Crippen LogP contribution in [0.5, 0.6) is 0 Å². The minimum atomic E-state index is -0.852. The molecule has 33 heavy (non-hydrogen) atoms. The van der Waals surface area contributed by atoms with E-state index < -0.39 is 35.7 Å². The second kappa shape index (κ2) is 9.75. The largest absolute Gasteiger partial charge is 0.481 e. The van der Waals surface area contributed by atoms with E-state index in [1.807, 2.05) is 14.7 Å². The molecule has 3 aliphatic rings. The van der Waals surface area contributed by atoms with Gasteiger partial charge in [0, 0.05) is 39.3 Å². The van der Waals surface area contributed by atoms with Crippen LogP contribution < -0.4 is 14.7 Å². The number of anilines is 3. The monoisotopic (exact) mass is 462 g/mol. The van der Waals surface area contributed by atoms with Crippen molar-refractivity contribution in [1.82, 2.24) is 15.0 Å². The smallest absolute Gasteiger partial charge is 0.308 e. The molecule has 12 nitrogen and oxygen atoms in total. The van der Waals surface area contributed by atoms with Crippen LogP contribution in [0.2, 0.25) is 0 Å². The Bertz CT molecular complexity index is 787. The van der Waals surface area contributed by atoms with Gasteiger partial charge in [-0.2, -0.15) is 15.0 Å². The van der Waals surface area contributed by atoms with Crippen molar-refractivity contribution in [2.45, 2.75) is 38.5 Å². The second-order valence-electron chi connectivity index (χ2n) is 9.11. The summed E-state index contributed by atoms with van der Waals surface area (Å²) in [5.74, 6) is -3.03. The van der Waals surface area contributed by atoms with Gasteiger partial charge >= 0.3 is 17.9 Å². The zero-order valence-electron chi connectivity index (χ0n) is 18.5. The van der Waals surface area contributed by atoms with Gasteiger partial charge in [-0.3, -0.25) is 14.4 Å². The summed E-state index contributed by atoms with van der Waals surface area (Å²) in [7, 11) is 0. The van der Waals surface area contributed by atoms with Crippen molar-refractivity contribution >= 4 is 35.8 Å². The fraction of sp³-hybridized carbons (Fsp3) is 0.714. The van der Waals surface area contributed by atoms with Crippen molar-refractivity contribution in [3.8, 4) is 0 Å². The fourth-order valence-electron chi connectivity index (χ4n) is 4.85. The maximum Gasteiger partial charge on any atom is 0.308 e. The molecule has 4 rings (SSSR count). The molecule has 0 unspecified atom stereocenters. The molecule has 12 heteroatoms. The van der Waals surface area contributed by atoms with Gasteiger partial charge in [-0.15, -0.1) is 0 Å². The third-order valence-electron chi connectivity index (χ3n) is 6.76. The number of hydrogen-bond donors (Lipinski definition) is 3. The zero-order chi connectivity index (χ0) is 23.5. The molecule has 0 aromatic carbocycles. The van der Waals surface area contributed by atoms with Crippen LogP contribution in [0.3, 0.4) is 0 Å². The number of nitrogens with zero attached hydrogens (tertiary/aromatic N) is 6. The van der Waals surface area contributed by atoms with Crippen molar-refractivity contribution in [3.63, 3.8) is 0 Å². The molecule has 180 valence electrons. The van der Waals surface area contributed by atoms with Crippen LogP contribution in [0.1, 0.15) is 38.5 Å². The molecule has 0 radical (unpaired) electrons. The van der Waals surface area contributed by atoms with E-state index in [-0.39, 0.29) is 19.6 Å². The number of piperidine rings is 3. The summed E-state index contributed by atoms with van der Waals surface area (Å²) in [4.78, 5) is 54.0. The Balaban J connectivity index is 1.66. The lowest BCUT2D eigenvalue weighted by atomic mass is 9.98. The van der Waals surface area contributed by atoms with Gasteiger partial charge in [-0.1, -0.05) is 0 Å². The highest BCUT2D eigenvalue weighted by Gasteiger charge is 2.32. The first-order valence-corrected chi connectivity index (χ1v) is 11.5. The highest BCUT2D eigenvalue weighted by molar-refractivity contribution is 5.72. The Kier molecular flexibility index (Phi) is 6.80. The molecule has 3 N–H and O–H groups in total. The number of hydrogen-bond acceptors (Lipinski definition) is 9. The van der Waals surface area contributed by atoms with Crippen LogP contribution in [0.25, 0.3) is 0 Å². The van der Waals surface area contributed by atoms with E-state index in [9.17, 15) is 29.7 Å². The first-order valence-electron chi connectivity index (χ1n) is 11.5. The first kappa shape index (κ1) is 23.0. The van der Waals surface area contributed by atoms with E-state index in [0.717, 1.165) is 0 Å². The SMILES string of the molecule is O=C(O)[C@@H]1CCCN(c2nc(N3CCC[C@@H](C(=O)O)C3)nc(N3CCC[C@@H](C(=O)O)C3)n2)C1. The topological polar surface area (TPSA) is 160 Å². The molecule has 3 fully saturated rings. The Morgan fingerprint density at radius 1 is 0.576 bits per heavy atom. The third-order valence-corrected chi connectivity index (χ3v) is 6.76. The summed E-state index contributed by atoms with van der Waals surface area (Å²) in [5, 5.41) is 28.4. The maximum absolute atomic E-state index is 11.6. The quantitative estimate of drug-likeness (QED) is 0.546. The van der Waals surface area contributed by atoms with Crippen LogP contribution >= 0.6 is 0 Å². The van der Waals surface area contributed by atoms with Gasteiger partial charge in [0.05, 0.1) is 17.8 Å². The van der Waals surface area contributed by atoms with Crippen LogP contribution in [0.15, 0.2) is 0 Å². The minimum Gasteiger partial charge on any atom is -0.481 e. The number of carboxylic acid groups (broad SMARTS) is 3. The number of rotatable bonds is 6. The van der Waals surface area contributed by atoms with Gasteiger partial charge in [0.2, 0.25) is 17.8 Å². The summed E-state index contributed by atoms with van der Waals surface area (Å²) in [6, 6.07) is 0. The van der Waals surface area contributed by atoms with Gasteiger partial charge in [0.1, 0.15) is 0 Å². The average molecular weight is 463 g/mol. The summed E-state index contributed by atoms with van der Waals surface area (Å²) in [6.07, 6.45) is 3.87. The molecule has 1 aromatic heterocycles. The summed E-state index contributed by atoms with van der Waals surface area (Å²) >= 11 is 0. The second-order valence-corrected chi connectivity index (χ2v) is 9.11. The molecule has 0 aliphatic carbocycles. The summed E-state index contributed by atoms with van der Waals surface area (Å²) < 4.78 is 0. The van der Waals surface area contributed by atoms with Gasteiger partial charge in [-0.05, 0) is 38.5 Å². The number of carboxylic acids is 3. The lowest BCUT2D eigenvalue weighted by molar-refractivity contribution is -0.142. The molecule has 0 bridgehead atoms. The molecule has 1 aromatic rings. The summed E-state index contributed by atoms with van der Waals surface area (Å²) in [6.45, 7) is 2.70. The fourth-order valence-corrected chi connectivity index (χ4v) is 4.85. The van der Waals surface area contributed by atoms with E-state index in [2.05, 4.69) is 15.0 Å². The van der Waals surface area contributed by atoms with E-state index in [1.165, 1.54) is 0 Å². The minimum absolute atomic E-state index is 0.285. The summed E-state index contributed by atoms with van der Waals surface area (Å²) in [5.41, 5.74) is 0. The predicted octanol–water partition coefficient (Wildman–Crippen LogP) is 0.775. The molecule has 4 heterocycles. The van der Waals surface area contributed by atoms with Gasteiger partial charge in [0.25, 0.3) is 0 Å². The van der Waals surface area contributed by atoms with E-state index in [4.69, 9.17) is 0 Å². The van der Waals surface area contributed by atoms with Gasteiger partial charge in [-0.25, -0.2) is 0 Å². The lowest BCUT2D eigenvalue weighted by Crippen LogP contribution is -2.43. The zero-order valence-corrected chi connectivity index (χ0v) is 18.5. The van der Waals surface area contributed by atoms with Crippen molar-refractivity contribution in [3.05, 3.63) is 0 Å². The lowest BCUT2D eigenvalue weighted by Gasteiger charge is -2.35. The molecular formula is C21H30N6O6.